The smallest absolute Gasteiger partial charge is 0.261 e. The fourth-order valence-electron chi connectivity index (χ4n) is 4.26. The Labute approximate surface area is 192 Å². The number of para-hydroxylation sites is 1. The summed E-state index contributed by atoms with van der Waals surface area (Å²) in [7, 11) is 4.04. The van der Waals surface area contributed by atoms with E-state index in [2.05, 4.69) is 64.3 Å². The fourth-order valence-corrected chi connectivity index (χ4v) is 5.50. The van der Waals surface area contributed by atoms with Gasteiger partial charge < -0.3 is 10.2 Å². The molecule has 0 unspecified atom stereocenters. The van der Waals surface area contributed by atoms with Crippen LogP contribution in [0.3, 0.4) is 0 Å². The van der Waals surface area contributed by atoms with E-state index in [0.717, 1.165) is 40.4 Å². The summed E-state index contributed by atoms with van der Waals surface area (Å²) >= 11 is 1.58. The maximum atomic E-state index is 12.9. The van der Waals surface area contributed by atoms with E-state index < -0.39 is 0 Å². The molecule has 0 fully saturated rings. The predicted molar refractivity (Wildman–Crippen MR) is 131 cm³/mol. The molecule has 0 spiro atoms. The lowest BCUT2D eigenvalue weighted by atomic mass is 9.95. The molecule has 6 heteroatoms. The van der Waals surface area contributed by atoms with Crippen LogP contribution in [0.25, 0.3) is 16.1 Å². The highest BCUT2D eigenvalue weighted by Gasteiger charge is 2.27. The molecule has 1 aliphatic carbocycles. The van der Waals surface area contributed by atoms with Gasteiger partial charge >= 0.3 is 0 Å². The van der Waals surface area contributed by atoms with Gasteiger partial charge in [0.15, 0.2) is 0 Å². The Bertz CT molecular complexity index is 1270. The number of aromatic nitrogens is 2. The van der Waals surface area contributed by atoms with Crippen molar-refractivity contribution in [1.29, 1.82) is 0 Å². The van der Waals surface area contributed by atoms with Gasteiger partial charge in [-0.2, -0.15) is 5.10 Å². The Hall–Kier alpha value is -3.38. The molecule has 2 aromatic heterocycles. The summed E-state index contributed by atoms with van der Waals surface area (Å²) in [4.78, 5) is 16.9. The highest BCUT2D eigenvalue weighted by atomic mass is 32.1. The zero-order valence-corrected chi connectivity index (χ0v) is 19.4. The van der Waals surface area contributed by atoms with Crippen molar-refractivity contribution in [2.24, 2.45) is 0 Å². The number of fused-ring (bicyclic) bond motifs is 3. The first-order valence-corrected chi connectivity index (χ1v) is 11.6. The third-order valence-corrected chi connectivity index (χ3v) is 7.15. The number of aryl methyl sites for hydroxylation is 2. The minimum Gasteiger partial charge on any atom is -0.378 e. The van der Waals surface area contributed by atoms with E-state index in [1.165, 1.54) is 21.7 Å². The Morgan fingerprint density at radius 2 is 1.84 bits per heavy atom. The molecule has 0 bridgehead atoms. The van der Waals surface area contributed by atoms with Crippen LogP contribution in [0, 0.1) is 6.92 Å². The van der Waals surface area contributed by atoms with E-state index in [4.69, 9.17) is 5.10 Å². The number of rotatable bonds is 5. The van der Waals surface area contributed by atoms with Gasteiger partial charge in [-0.1, -0.05) is 30.3 Å². The van der Waals surface area contributed by atoms with Crippen LogP contribution in [0.2, 0.25) is 0 Å². The summed E-state index contributed by atoms with van der Waals surface area (Å²) in [5, 5.41) is 7.91. The highest BCUT2D eigenvalue weighted by molar-refractivity contribution is 7.17. The highest BCUT2D eigenvalue weighted by Crippen LogP contribution is 2.42. The molecular formula is C26H26N4OS. The average Bonchev–Trinajstić information content (AvgIpc) is 3.39. The standard InChI is InChI=1S/C26H26N4OS/c1-17-24-22(30(28-17)21-7-5-4-6-8-21)14-11-19-15-23(32-25(19)24)26(31)27-16-18-9-12-20(13-10-18)29(2)3/h4-10,12-13,15H,11,14,16H2,1-3H3,(H,27,31). The lowest BCUT2D eigenvalue weighted by Crippen LogP contribution is -2.21. The fraction of sp³-hybridized carbons (Fsp3) is 0.231. The molecular weight excluding hydrogens is 416 g/mol. The van der Waals surface area contributed by atoms with Crippen molar-refractivity contribution in [3.63, 3.8) is 0 Å². The lowest BCUT2D eigenvalue weighted by molar-refractivity contribution is 0.0955. The van der Waals surface area contributed by atoms with Crippen molar-refractivity contribution < 1.29 is 4.79 Å². The number of hydrogen-bond donors (Lipinski definition) is 1. The number of anilines is 1. The molecule has 2 aromatic carbocycles. The van der Waals surface area contributed by atoms with E-state index in [-0.39, 0.29) is 5.91 Å². The van der Waals surface area contributed by atoms with Gasteiger partial charge in [-0.25, -0.2) is 4.68 Å². The van der Waals surface area contributed by atoms with E-state index in [9.17, 15) is 4.79 Å². The van der Waals surface area contributed by atoms with Gasteiger partial charge in [0.1, 0.15) is 0 Å². The lowest BCUT2D eigenvalue weighted by Gasteiger charge is -2.14. The maximum Gasteiger partial charge on any atom is 0.261 e. The number of benzene rings is 2. The van der Waals surface area contributed by atoms with Crippen LogP contribution in [-0.2, 0) is 19.4 Å². The summed E-state index contributed by atoms with van der Waals surface area (Å²) in [6.45, 7) is 2.58. The second-order valence-electron chi connectivity index (χ2n) is 8.36. The van der Waals surface area contributed by atoms with Crippen molar-refractivity contribution in [3.8, 4) is 16.1 Å². The van der Waals surface area contributed by atoms with Crippen LogP contribution in [0.4, 0.5) is 5.69 Å². The first kappa shape index (κ1) is 20.5. The van der Waals surface area contributed by atoms with Gasteiger partial charge in [-0.05, 0) is 61.2 Å². The normalized spacial score (nSPS) is 12.2. The molecule has 1 aliphatic rings. The minimum absolute atomic E-state index is 0.0178. The Morgan fingerprint density at radius 1 is 1.09 bits per heavy atom. The summed E-state index contributed by atoms with van der Waals surface area (Å²) in [5.41, 5.74) is 8.00. The van der Waals surface area contributed by atoms with Crippen molar-refractivity contribution >= 4 is 22.9 Å². The van der Waals surface area contributed by atoms with Crippen molar-refractivity contribution in [1.82, 2.24) is 15.1 Å². The molecule has 0 atom stereocenters. The van der Waals surface area contributed by atoms with E-state index in [1.54, 1.807) is 11.3 Å². The molecule has 162 valence electrons. The Morgan fingerprint density at radius 3 is 2.56 bits per heavy atom. The van der Waals surface area contributed by atoms with E-state index in [0.29, 0.717) is 6.54 Å². The Balaban J connectivity index is 1.37. The summed E-state index contributed by atoms with van der Waals surface area (Å²) < 4.78 is 2.06. The average molecular weight is 443 g/mol. The molecule has 0 saturated heterocycles. The van der Waals surface area contributed by atoms with Crippen molar-refractivity contribution in [2.45, 2.75) is 26.3 Å². The molecule has 5 nitrogen and oxygen atoms in total. The molecule has 5 rings (SSSR count). The maximum absolute atomic E-state index is 12.9. The second-order valence-corrected chi connectivity index (χ2v) is 9.42. The summed E-state index contributed by atoms with van der Waals surface area (Å²) in [6.07, 6.45) is 1.85. The van der Waals surface area contributed by atoms with Crippen molar-refractivity contribution in [3.05, 3.63) is 88.1 Å². The third-order valence-electron chi connectivity index (χ3n) is 5.95. The number of thiophene rings is 1. The minimum atomic E-state index is -0.0178. The zero-order chi connectivity index (χ0) is 22.2. The predicted octanol–water partition coefficient (Wildman–Crippen LogP) is 5.00. The number of hydrogen-bond acceptors (Lipinski definition) is 4. The molecule has 32 heavy (non-hydrogen) atoms. The second kappa shape index (κ2) is 8.28. The van der Waals surface area contributed by atoms with Crippen LogP contribution < -0.4 is 10.2 Å². The number of carbonyl (C=O) groups excluding carboxylic acids is 1. The number of carbonyl (C=O) groups is 1. The summed E-state index contributed by atoms with van der Waals surface area (Å²) in [5.74, 6) is -0.0178. The van der Waals surface area contributed by atoms with E-state index >= 15 is 0 Å². The van der Waals surface area contributed by atoms with Crippen LogP contribution in [0.15, 0.2) is 60.7 Å². The molecule has 4 aromatic rings. The monoisotopic (exact) mass is 442 g/mol. The number of nitrogens with zero attached hydrogens (tertiary/aromatic N) is 3. The molecule has 0 aliphatic heterocycles. The topological polar surface area (TPSA) is 50.2 Å². The van der Waals surface area contributed by atoms with Gasteiger partial charge in [0, 0.05) is 36.8 Å². The van der Waals surface area contributed by atoms with E-state index in [1.807, 2.05) is 32.3 Å². The Kier molecular flexibility index (Phi) is 5.31. The largest absolute Gasteiger partial charge is 0.378 e. The number of nitrogens with one attached hydrogen (secondary N) is 1. The SMILES string of the molecule is Cc1nn(-c2ccccc2)c2c1-c1sc(C(=O)NCc3ccc(N(C)C)cc3)cc1CC2. The van der Waals surface area contributed by atoms with Crippen LogP contribution in [0.5, 0.6) is 0 Å². The zero-order valence-electron chi connectivity index (χ0n) is 18.6. The third kappa shape index (κ3) is 3.71. The molecule has 0 saturated carbocycles. The quantitative estimate of drug-likeness (QED) is 0.473. The molecule has 2 heterocycles. The van der Waals surface area contributed by atoms with Gasteiger partial charge in [0.25, 0.3) is 5.91 Å². The van der Waals surface area contributed by atoms with Crippen LogP contribution >= 0.6 is 11.3 Å². The molecule has 1 amide bonds. The van der Waals surface area contributed by atoms with Gasteiger partial charge in [0.05, 0.1) is 22.0 Å². The van der Waals surface area contributed by atoms with Crippen molar-refractivity contribution in [2.75, 3.05) is 19.0 Å². The van der Waals surface area contributed by atoms with Gasteiger partial charge in [0.2, 0.25) is 0 Å². The van der Waals surface area contributed by atoms with Crippen LogP contribution in [-0.4, -0.2) is 29.8 Å². The summed E-state index contributed by atoms with van der Waals surface area (Å²) in [6, 6.07) is 20.6. The van der Waals surface area contributed by atoms with Gasteiger partial charge in [-0.15, -0.1) is 11.3 Å². The van der Waals surface area contributed by atoms with Crippen LogP contribution in [0.1, 0.15) is 32.2 Å². The van der Waals surface area contributed by atoms with Gasteiger partial charge in [-0.3, -0.25) is 4.79 Å². The molecule has 0 radical (unpaired) electrons. The molecule has 1 N–H and O–H groups in total. The number of amides is 1. The first-order valence-electron chi connectivity index (χ1n) is 10.8. The first-order chi connectivity index (χ1) is 15.5.